The van der Waals surface area contributed by atoms with E-state index in [1.54, 1.807) is 4.90 Å². The van der Waals surface area contributed by atoms with Crippen LogP contribution in [0.15, 0.2) is 0 Å². The maximum absolute atomic E-state index is 12.3. The van der Waals surface area contributed by atoms with Gasteiger partial charge in [-0.2, -0.15) is 0 Å². The highest BCUT2D eigenvalue weighted by Gasteiger charge is 2.41. The number of rotatable bonds is 5. The summed E-state index contributed by atoms with van der Waals surface area (Å²) in [6, 6.07) is 0. The van der Waals surface area contributed by atoms with Crippen molar-refractivity contribution in [2.24, 2.45) is 5.41 Å². The summed E-state index contributed by atoms with van der Waals surface area (Å²) in [5.74, 6) is -0.684. The van der Waals surface area contributed by atoms with Crippen LogP contribution in [0.5, 0.6) is 0 Å². The molecule has 1 N–H and O–H groups in total. The standard InChI is InChI=1S/C15H25NO4/c1-2-15(14(18)19)8-4-9-16(11-15)13(17)7-6-12-5-3-10-20-12/h12H,2-11H2,1H3,(H,18,19). The van der Waals surface area contributed by atoms with Gasteiger partial charge < -0.3 is 14.7 Å². The number of piperidine rings is 1. The molecule has 2 aliphatic heterocycles. The lowest BCUT2D eigenvalue weighted by Crippen LogP contribution is -2.49. The number of aliphatic carboxylic acids is 1. The Morgan fingerprint density at radius 3 is 2.80 bits per heavy atom. The monoisotopic (exact) mass is 283 g/mol. The highest BCUT2D eigenvalue weighted by Crippen LogP contribution is 2.34. The molecule has 2 heterocycles. The third-order valence-electron chi connectivity index (χ3n) is 4.76. The quantitative estimate of drug-likeness (QED) is 0.838. The minimum absolute atomic E-state index is 0.0827. The number of carboxylic acid groups (broad SMARTS) is 1. The van der Waals surface area contributed by atoms with E-state index in [4.69, 9.17) is 4.74 Å². The molecule has 2 unspecified atom stereocenters. The lowest BCUT2D eigenvalue weighted by atomic mass is 9.77. The van der Waals surface area contributed by atoms with Crippen LogP contribution in [0.25, 0.3) is 0 Å². The third-order valence-corrected chi connectivity index (χ3v) is 4.76. The maximum Gasteiger partial charge on any atom is 0.311 e. The molecule has 20 heavy (non-hydrogen) atoms. The van der Waals surface area contributed by atoms with Crippen LogP contribution in [0, 0.1) is 5.41 Å². The van der Waals surface area contributed by atoms with Crippen LogP contribution < -0.4 is 0 Å². The zero-order valence-electron chi connectivity index (χ0n) is 12.3. The molecule has 5 nitrogen and oxygen atoms in total. The molecule has 2 fully saturated rings. The Labute approximate surface area is 120 Å². The number of carbonyl (C=O) groups excluding carboxylic acids is 1. The molecule has 0 aromatic carbocycles. The summed E-state index contributed by atoms with van der Waals surface area (Å²) >= 11 is 0. The van der Waals surface area contributed by atoms with E-state index in [-0.39, 0.29) is 12.0 Å². The van der Waals surface area contributed by atoms with Crippen molar-refractivity contribution >= 4 is 11.9 Å². The summed E-state index contributed by atoms with van der Waals surface area (Å²) in [4.78, 5) is 25.5. The van der Waals surface area contributed by atoms with Gasteiger partial charge in [0.05, 0.1) is 11.5 Å². The molecular formula is C15H25NO4. The minimum Gasteiger partial charge on any atom is -0.481 e. The van der Waals surface area contributed by atoms with Crippen LogP contribution >= 0.6 is 0 Å². The number of ether oxygens (including phenoxy) is 1. The molecule has 114 valence electrons. The van der Waals surface area contributed by atoms with Crippen molar-refractivity contribution in [3.05, 3.63) is 0 Å². The van der Waals surface area contributed by atoms with E-state index in [2.05, 4.69) is 0 Å². The Balaban J connectivity index is 1.87. The van der Waals surface area contributed by atoms with Gasteiger partial charge in [-0.15, -0.1) is 0 Å². The Bertz CT molecular complexity index is 365. The van der Waals surface area contributed by atoms with E-state index in [1.165, 1.54) is 0 Å². The number of carbonyl (C=O) groups is 2. The zero-order valence-corrected chi connectivity index (χ0v) is 12.3. The minimum atomic E-state index is -0.767. The normalized spacial score (nSPS) is 30.4. The average Bonchev–Trinajstić information content (AvgIpc) is 2.97. The molecule has 0 aromatic heterocycles. The Kier molecular flexibility index (Phi) is 5.02. The van der Waals surface area contributed by atoms with Crippen LogP contribution in [0.4, 0.5) is 0 Å². The largest absolute Gasteiger partial charge is 0.481 e. The fourth-order valence-electron chi connectivity index (χ4n) is 3.27. The summed E-state index contributed by atoms with van der Waals surface area (Å²) in [5, 5.41) is 9.43. The molecule has 2 rings (SSSR count). The van der Waals surface area contributed by atoms with E-state index in [9.17, 15) is 14.7 Å². The van der Waals surface area contributed by atoms with E-state index in [0.717, 1.165) is 32.3 Å². The van der Waals surface area contributed by atoms with E-state index in [1.807, 2.05) is 6.92 Å². The van der Waals surface area contributed by atoms with Crippen LogP contribution in [-0.2, 0) is 14.3 Å². The molecular weight excluding hydrogens is 258 g/mol. The van der Waals surface area contributed by atoms with Gasteiger partial charge in [0, 0.05) is 26.1 Å². The van der Waals surface area contributed by atoms with Gasteiger partial charge in [-0.05, 0) is 38.5 Å². The fraction of sp³-hybridized carbons (Fsp3) is 0.867. The van der Waals surface area contributed by atoms with Crippen molar-refractivity contribution in [1.82, 2.24) is 4.90 Å². The number of amides is 1. The fourth-order valence-corrected chi connectivity index (χ4v) is 3.27. The Morgan fingerprint density at radius 2 is 2.20 bits per heavy atom. The summed E-state index contributed by atoms with van der Waals surface area (Å²) in [5.41, 5.74) is -0.738. The van der Waals surface area contributed by atoms with E-state index >= 15 is 0 Å². The van der Waals surface area contributed by atoms with Gasteiger partial charge in [0.15, 0.2) is 0 Å². The van der Waals surface area contributed by atoms with Gasteiger partial charge in [-0.25, -0.2) is 0 Å². The number of carboxylic acids is 1. The van der Waals surface area contributed by atoms with Gasteiger partial charge in [0.1, 0.15) is 0 Å². The molecule has 0 saturated carbocycles. The van der Waals surface area contributed by atoms with Crippen LogP contribution in [0.3, 0.4) is 0 Å². The smallest absolute Gasteiger partial charge is 0.311 e. The van der Waals surface area contributed by atoms with Gasteiger partial charge in [-0.3, -0.25) is 9.59 Å². The lowest BCUT2D eigenvalue weighted by molar-refractivity contribution is -0.155. The second kappa shape index (κ2) is 6.57. The average molecular weight is 283 g/mol. The maximum atomic E-state index is 12.3. The molecule has 0 spiro atoms. The first-order valence-corrected chi connectivity index (χ1v) is 7.70. The van der Waals surface area contributed by atoms with Gasteiger partial charge in [0.25, 0.3) is 0 Å². The summed E-state index contributed by atoms with van der Waals surface area (Å²) in [6.45, 7) is 3.76. The van der Waals surface area contributed by atoms with Crippen molar-refractivity contribution in [2.75, 3.05) is 19.7 Å². The SMILES string of the molecule is CCC1(C(=O)O)CCCN(C(=O)CCC2CCCO2)C1. The van der Waals surface area contributed by atoms with Gasteiger partial charge in [0.2, 0.25) is 5.91 Å². The van der Waals surface area contributed by atoms with Crippen LogP contribution in [0.2, 0.25) is 0 Å². The summed E-state index contributed by atoms with van der Waals surface area (Å²) in [6.07, 6.45) is 5.63. The topological polar surface area (TPSA) is 66.8 Å². The first-order chi connectivity index (χ1) is 9.57. The van der Waals surface area contributed by atoms with E-state index in [0.29, 0.717) is 32.4 Å². The molecule has 2 saturated heterocycles. The lowest BCUT2D eigenvalue weighted by Gasteiger charge is -2.39. The highest BCUT2D eigenvalue weighted by molar-refractivity contribution is 5.79. The second-order valence-electron chi connectivity index (χ2n) is 6.03. The van der Waals surface area contributed by atoms with Crippen LogP contribution in [0.1, 0.15) is 51.9 Å². The molecule has 0 aliphatic carbocycles. The van der Waals surface area contributed by atoms with Crippen molar-refractivity contribution in [1.29, 1.82) is 0 Å². The second-order valence-corrected chi connectivity index (χ2v) is 6.03. The predicted octanol–water partition coefficient (Wildman–Crippen LogP) is 2.05. The van der Waals surface area contributed by atoms with Crippen LogP contribution in [-0.4, -0.2) is 47.7 Å². The van der Waals surface area contributed by atoms with E-state index < -0.39 is 11.4 Å². The van der Waals surface area contributed by atoms with Crippen molar-refractivity contribution < 1.29 is 19.4 Å². The van der Waals surface area contributed by atoms with Crippen molar-refractivity contribution in [2.45, 2.75) is 58.0 Å². The first kappa shape index (κ1) is 15.3. The number of nitrogens with zero attached hydrogens (tertiary/aromatic N) is 1. The van der Waals surface area contributed by atoms with Crippen molar-refractivity contribution in [3.8, 4) is 0 Å². The Morgan fingerprint density at radius 1 is 1.40 bits per heavy atom. The zero-order chi connectivity index (χ0) is 14.6. The first-order valence-electron chi connectivity index (χ1n) is 7.70. The molecule has 2 atom stereocenters. The van der Waals surface area contributed by atoms with Crippen molar-refractivity contribution in [3.63, 3.8) is 0 Å². The molecule has 1 amide bonds. The summed E-state index contributed by atoms with van der Waals surface area (Å²) in [7, 11) is 0. The molecule has 0 bridgehead atoms. The Hall–Kier alpha value is -1.10. The molecule has 5 heteroatoms. The predicted molar refractivity (Wildman–Crippen MR) is 74.4 cm³/mol. The molecule has 2 aliphatic rings. The number of hydrogen-bond acceptors (Lipinski definition) is 3. The summed E-state index contributed by atoms with van der Waals surface area (Å²) < 4.78 is 5.53. The van der Waals surface area contributed by atoms with Gasteiger partial charge >= 0.3 is 5.97 Å². The number of likely N-dealkylation sites (tertiary alicyclic amines) is 1. The number of hydrogen-bond donors (Lipinski definition) is 1. The molecule has 0 aromatic rings. The van der Waals surface area contributed by atoms with Gasteiger partial charge in [-0.1, -0.05) is 6.92 Å². The molecule has 0 radical (unpaired) electrons. The highest BCUT2D eigenvalue weighted by atomic mass is 16.5. The third kappa shape index (κ3) is 3.32.